The number of carbonyl (C=O) groups is 2. The minimum atomic E-state index is -1.04. The molecular formula is C20H23NO3. The first-order valence-corrected chi connectivity index (χ1v) is 7.95. The summed E-state index contributed by atoms with van der Waals surface area (Å²) < 4.78 is 0. The van der Waals surface area contributed by atoms with Crippen molar-refractivity contribution >= 4 is 11.9 Å². The number of carboxylic acid groups (broad SMARTS) is 1. The van der Waals surface area contributed by atoms with Crippen molar-refractivity contribution < 1.29 is 14.7 Å². The summed E-state index contributed by atoms with van der Waals surface area (Å²) in [6, 6.07) is 15.6. The second-order valence-corrected chi connectivity index (χ2v) is 6.88. The molecule has 0 aromatic heterocycles. The number of benzene rings is 2. The van der Waals surface area contributed by atoms with Crippen molar-refractivity contribution in [3.8, 4) is 0 Å². The highest BCUT2D eigenvalue weighted by molar-refractivity contribution is 5.96. The first kappa shape index (κ1) is 17.7. The van der Waals surface area contributed by atoms with Crippen molar-refractivity contribution in [3.63, 3.8) is 0 Å². The van der Waals surface area contributed by atoms with Crippen LogP contribution in [0.4, 0.5) is 0 Å². The maximum atomic E-state index is 12.3. The smallest absolute Gasteiger partial charge is 0.326 e. The number of carboxylic acids is 1. The van der Waals surface area contributed by atoms with Crippen LogP contribution in [0.25, 0.3) is 0 Å². The maximum Gasteiger partial charge on any atom is 0.326 e. The van der Waals surface area contributed by atoms with Crippen LogP contribution >= 0.6 is 0 Å². The van der Waals surface area contributed by atoms with E-state index in [0.717, 1.165) is 11.1 Å². The number of aliphatic carboxylic acids is 1. The van der Waals surface area contributed by atoms with Crippen LogP contribution in [-0.4, -0.2) is 23.0 Å². The molecule has 0 heterocycles. The third-order valence-corrected chi connectivity index (χ3v) is 3.90. The number of hydrogen-bond acceptors (Lipinski definition) is 2. The van der Waals surface area contributed by atoms with Gasteiger partial charge in [0.05, 0.1) is 0 Å². The molecule has 0 aliphatic rings. The van der Waals surface area contributed by atoms with Crippen molar-refractivity contribution in [1.29, 1.82) is 0 Å². The molecule has 0 saturated carbocycles. The minimum Gasteiger partial charge on any atom is -0.480 e. The summed E-state index contributed by atoms with van der Waals surface area (Å²) in [6.07, 6.45) is 0.252. The first-order chi connectivity index (χ1) is 11.3. The van der Waals surface area contributed by atoms with Gasteiger partial charge in [0.2, 0.25) is 0 Å². The molecule has 1 amide bonds. The zero-order valence-corrected chi connectivity index (χ0v) is 14.2. The Morgan fingerprint density at radius 3 is 2.08 bits per heavy atom. The molecule has 126 valence electrons. The lowest BCUT2D eigenvalue weighted by atomic mass is 9.86. The lowest BCUT2D eigenvalue weighted by Gasteiger charge is -2.19. The highest BCUT2D eigenvalue weighted by atomic mass is 16.4. The Hall–Kier alpha value is -2.62. The summed E-state index contributed by atoms with van der Waals surface area (Å²) in [5.74, 6) is -1.42. The van der Waals surface area contributed by atoms with Gasteiger partial charge < -0.3 is 10.4 Å². The first-order valence-electron chi connectivity index (χ1n) is 7.95. The van der Waals surface area contributed by atoms with Gasteiger partial charge in [-0.25, -0.2) is 4.79 Å². The fourth-order valence-electron chi connectivity index (χ4n) is 2.41. The van der Waals surface area contributed by atoms with Crippen molar-refractivity contribution in [2.75, 3.05) is 0 Å². The normalized spacial score (nSPS) is 12.5. The van der Waals surface area contributed by atoms with E-state index in [1.54, 1.807) is 12.1 Å². The van der Waals surface area contributed by atoms with Gasteiger partial charge in [-0.15, -0.1) is 0 Å². The predicted molar refractivity (Wildman–Crippen MR) is 94.2 cm³/mol. The van der Waals surface area contributed by atoms with E-state index in [-0.39, 0.29) is 17.7 Å². The molecule has 2 aromatic carbocycles. The average Bonchev–Trinajstić information content (AvgIpc) is 2.54. The molecule has 0 fully saturated rings. The van der Waals surface area contributed by atoms with E-state index >= 15 is 0 Å². The molecule has 0 bridgehead atoms. The number of rotatable bonds is 5. The SMILES string of the molecule is CC(C)(C)c1ccc(C(=O)N[C@@H](Cc2ccccc2)C(=O)O)cc1. The van der Waals surface area contributed by atoms with Crippen molar-refractivity contribution in [1.82, 2.24) is 5.32 Å². The van der Waals surface area contributed by atoms with Crippen LogP contribution in [0.15, 0.2) is 54.6 Å². The molecule has 0 saturated heterocycles. The monoisotopic (exact) mass is 325 g/mol. The number of amides is 1. The van der Waals surface area contributed by atoms with E-state index in [1.807, 2.05) is 42.5 Å². The number of hydrogen-bond donors (Lipinski definition) is 2. The quantitative estimate of drug-likeness (QED) is 0.885. The molecule has 2 rings (SSSR count). The third-order valence-electron chi connectivity index (χ3n) is 3.90. The van der Waals surface area contributed by atoms with Crippen LogP contribution in [0.2, 0.25) is 0 Å². The highest BCUT2D eigenvalue weighted by Gasteiger charge is 2.21. The van der Waals surface area contributed by atoms with Crippen LogP contribution in [-0.2, 0) is 16.6 Å². The van der Waals surface area contributed by atoms with Gasteiger partial charge in [0, 0.05) is 12.0 Å². The summed E-state index contributed by atoms with van der Waals surface area (Å²) in [7, 11) is 0. The lowest BCUT2D eigenvalue weighted by Crippen LogP contribution is -2.42. The largest absolute Gasteiger partial charge is 0.480 e. The molecule has 4 heteroatoms. The lowest BCUT2D eigenvalue weighted by molar-refractivity contribution is -0.139. The Bertz CT molecular complexity index is 700. The molecule has 24 heavy (non-hydrogen) atoms. The van der Waals surface area contributed by atoms with Gasteiger partial charge in [0.25, 0.3) is 5.91 Å². The van der Waals surface area contributed by atoms with Crippen LogP contribution in [0.1, 0.15) is 42.3 Å². The van der Waals surface area contributed by atoms with E-state index in [1.165, 1.54) is 0 Å². The Labute approximate surface area is 142 Å². The molecule has 0 unspecified atom stereocenters. The molecular weight excluding hydrogens is 302 g/mol. The summed E-state index contributed by atoms with van der Waals surface area (Å²) in [5, 5.41) is 12.0. The van der Waals surface area contributed by atoms with Crippen molar-refractivity contribution in [3.05, 3.63) is 71.3 Å². The fourth-order valence-corrected chi connectivity index (χ4v) is 2.41. The third kappa shape index (κ3) is 4.69. The summed E-state index contributed by atoms with van der Waals surface area (Å²) in [4.78, 5) is 23.8. The topological polar surface area (TPSA) is 66.4 Å². The molecule has 2 N–H and O–H groups in total. The molecule has 0 aliphatic carbocycles. The van der Waals surface area contributed by atoms with E-state index in [0.29, 0.717) is 5.56 Å². The molecule has 1 atom stereocenters. The van der Waals surface area contributed by atoms with E-state index in [9.17, 15) is 14.7 Å². The Morgan fingerprint density at radius 1 is 1.00 bits per heavy atom. The highest BCUT2D eigenvalue weighted by Crippen LogP contribution is 2.22. The second-order valence-electron chi connectivity index (χ2n) is 6.88. The van der Waals surface area contributed by atoms with E-state index in [2.05, 4.69) is 26.1 Å². The van der Waals surface area contributed by atoms with Crippen molar-refractivity contribution in [2.45, 2.75) is 38.6 Å². The molecule has 4 nitrogen and oxygen atoms in total. The molecule has 0 radical (unpaired) electrons. The van der Waals surface area contributed by atoms with Crippen molar-refractivity contribution in [2.24, 2.45) is 0 Å². The van der Waals surface area contributed by atoms with E-state index < -0.39 is 12.0 Å². The maximum absolute atomic E-state index is 12.3. The molecule has 2 aromatic rings. The predicted octanol–water partition coefficient (Wildman–Crippen LogP) is 3.41. The minimum absolute atomic E-state index is 0.00587. The van der Waals surface area contributed by atoms with Gasteiger partial charge in [0.15, 0.2) is 0 Å². The van der Waals surface area contributed by atoms with E-state index in [4.69, 9.17) is 0 Å². The zero-order chi connectivity index (χ0) is 17.7. The Kier molecular flexibility index (Phi) is 5.39. The van der Waals surface area contributed by atoms with Gasteiger partial charge in [-0.1, -0.05) is 63.2 Å². The Morgan fingerprint density at radius 2 is 1.58 bits per heavy atom. The van der Waals surface area contributed by atoms with Crippen LogP contribution < -0.4 is 5.32 Å². The van der Waals surface area contributed by atoms with Gasteiger partial charge in [-0.2, -0.15) is 0 Å². The average molecular weight is 325 g/mol. The number of carbonyl (C=O) groups excluding carboxylic acids is 1. The van der Waals surface area contributed by atoms with Gasteiger partial charge in [-0.05, 0) is 28.7 Å². The molecule has 0 aliphatic heterocycles. The van der Waals surface area contributed by atoms with Crippen LogP contribution in [0, 0.1) is 0 Å². The number of nitrogens with one attached hydrogen (secondary N) is 1. The fraction of sp³-hybridized carbons (Fsp3) is 0.300. The summed E-state index contributed by atoms with van der Waals surface area (Å²) >= 11 is 0. The van der Waals surface area contributed by atoms with Gasteiger partial charge >= 0.3 is 5.97 Å². The summed E-state index contributed by atoms with van der Waals surface area (Å²) in [5.41, 5.74) is 2.46. The standard InChI is InChI=1S/C20H23NO3/c1-20(2,3)16-11-9-15(10-12-16)18(22)21-17(19(23)24)13-14-7-5-4-6-8-14/h4-12,17H,13H2,1-3H3,(H,21,22)(H,23,24)/t17-/m0/s1. The van der Waals surface area contributed by atoms with Gasteiger partial charge in [0.1, 0.15) is 6.04 Å². The molecule has 0 spiro atoms. The zero-order valence-electron chi connectivity index (χ0n) is 14.2. The van der Waals surface area contributed by atoms with Crippen LogP contribution in [0.3, 0.4) is 0 Å². The van der Waals surface area contributed by atoms with Crippen LogP contribution in [0.5, 0.6) is 0 Å². The Balaban J connectivity index is 2.09. The summed E-state index contributed by atoms with van der Waals surface area (Å²) in [6.45, 7) is 6.30. The van der Waals surface area contributed by atoms with Gasteiger partial charge in [-0.3, -0.25) is 4.79 Å². The second kappa shape index (κ2) is 7.30.